The summed E-state index contributed by atoms with van der Waals surface area (Å²) in [6, 6.07) is 15.6. The average molecular weight is 285 g/mol. The minimum absolute atomic E-state index is 0.0713. The van der Waals surface area contributed by atoms with Gasteiger partial charge in [-0.2, -0.15) is 0 Å². The summed E-state index contributed by atoms with van der Waals surface area (Å²) in [6.45, 7) is 6.31. The molecule has 2 nitrogen and oxygen atoms in total. The second-order valence-electron chi connectivity index (χ2n) is 5.01. The van der Waals surface area contributed by atoms with E-state index in [1.165, 1.54) is 4.90 Å². The van der Waals surface area contributed by atoms with Crippen LogP contribution in [0.2, 0.25) is 0 Å². The van der Waals surface area contributed by atoms with Crippen molar-refractivity contribution in [1.82, 2.24) is 0 Å². The molecule has 0 unspecified atom stereocenters. The molecule has 2 rings (SSSR count). The first-order chi connectivity index (χ1) is 9.54. The summed E-state index contributed by atoms with van der Waals surface area (Å²) in [7, 11) is 0. The number of thioether (sulfide) groups is 1. The molecule has 0 saturated heterocycles. The van der Waals surface area contributed by atoms with Gasteiger partial charge in [-0.05, 0) is 43.3 Å². The standard InChI is InChI=1S/C17H19NOS/c1-12(2)20-16-9-7-15(8-10-16)18-17(19)14-6-4-5-13(3)11-14/h4-12H,1-3H3,(H,18,19). The molecule has 0 atom stereocenters. The van der Waals surface area contributed by atoms with Crippen molar-refractivity contribution in [3.63, 3.8) is 0 Å². The van der Waals surface area contributed by atoms with E-state index in [1.54, 1.807) is 0 Å². The van der Waals surface area contributed by atoms with Crippen molar-refractivity contribution in [2.45, 2.75) is 30.9 Å². The van der Waals surface area contributed by atoms with Gasteiger partial charge in [0.2, 0.25) is 0 Å². The molecule has 0 heterocycles. The second-order valence-corrected chi connectivity index (χ2v) is 6.66. The maximum atomic E-state index is 12.1. The maximum absolute atomic E-state index is 12.1. The fourth-order valence-corrected chi connectivity index (χ4v) is 2.72. The van der Waals surface area contributed by atoms with Crippen LogP contribution in [-0.2, 0) is 0 Å². The third-order valence-corrected chi connectivity index (χ3v) is 3.78. The van der Waals surface area contributed by atoms with Gasteiger partial charge in [0.25, 0.3) is 5.91 Å². The summed E-state index contributed by atoms with van der Waals surface area (Å²) < 4.78 is 0. The summed E-state index contributed by atoms with van der Waals surface area (Å²) in [5, 5.41) is 3.48. The van der Waals surface area contributed by atoms with Crippen molar-refractivity contribution >= 4 is 23.4 Å². The molecule has 0 bridgehead atoms. The van der Waals surface area contributed by atoms with Gasteiger partial charge >= 0.3 is 0 Å². The van der Waals surface area contributed by atoms with Crippen LogP contribution in [0.15, 0.2) is 53.4 Å². The van der Waals surface area contributed by atoms with E-state index >= 15 is 0 Å². The van der Waals surface area contributed by atoms with Gasteiger partial charge in [-0.15, -0.1) is 11.8 Å². The highest BCUT2D eigenvalue weighted by molar-refractivity contribution is 7.99. The van der Waals surface area contributed by atoms with Crippen LogP contribution in [-0.4, -0.2) is 11.2 Å². The van der Waals surface area contributed by atoms with E-state index in [0.29, 0.717) is 10.8 Å². The first-order valence-electron chi connectivity index (χ1n) is 6.69. The highest BCUT2D eigenvalue weighted by Crippen LogP contribution is 2.24. The third kappa shape index (κ3) is 4.14. The Bertz CT molecular complexity index is 590. The number of nitrogens with one attached hydrogen (secondary N) is 1. The molecule has 0 fully saturated rings. The van der Waals surface area contributed by atoms with Crippen molar-refractivity contribution in [3.8, 4) is 0 Å². The number of amides is 1. The molecule has 0 radical (unpaired) electrons. The summed E-state index contributed by atoms with van der Waals surface area (Å²) in [5.74, 6) is -0.0713. The molecule has 0 aromatic heterocycles. The Kier molecular flexibility index (Phi) is 4.85. The smallest absolute Gasteiger partial charge is 0.255 e. The van der Waals surface area contributed by atoms with Crippen molar-refractivity contribution in [2.24, 2.45) is 0 Å². The molecule has 1 N–H and O–H groups in total. The van der Waals surface area contributed by atoms with E-state index in [0.717, 1.165) is 11.3 Å². The number of rotatable bonds is 4. The molecule has 3 heteroatoms. The van der Waals surface area contributed by atoms with E-state index < -0.39 is 0 Å². The van der Waals surface area contributed by atoms with Gasteiger partial charge in [-0.1, -0.05) is 31.5 Å². The van der Waals surface area contributed by atoms with Crippen LogP contribution < -0.4 is 5.32 Å². The molecule has 0 aliphatic rings. The van der Waals surface area contributed by atoms with Crippen LogP contribution in [0.25, 0.3) is 0 Å². The van der Waals surface area contributed by atoms with Crippen LogP contribution in [0.5, 0.6) is 0 Å². The van der Waals surface area contributed by atoms with Crippen molar-refractivity contribution in [2.75, 3.05) is 5.32 Å². The predicted molar refractivity (Wildman–Crippen MR) is 86.6 cm³/mol. The minimum Gasteiger partial charge on any atom is -0.322 e. The Hall–Kier alpha value is -1.74. The molecule has 1 amide bonds. The largest absolute Gasteiger partial charge is 0.322 e. The molecule has 0 saturated carbocycles. The average Bonchev–Trinajstić information content (AvgIpc) is 2.40. The topological polar surface area (TPSA) is 29.1 Å². The molecular formula is C17H19NOS. The first kappa shape index (κ1) is 14.7. The SMILES string of the molecule is Cc1cccc(C(=O)Nc2ccc(SC(C)C)cc2)c1. The molecular weight excluding hydrogens is 266 g/mol. The van der Waals surface area contributed by atoms with E-state index in [1.807, 2.05) is 67.2 Å². The van der Waals surface area contributed by atoms with Crippen molar-refractivity contribution < 1.29 is 4.79 Å². The first-order valence-corrected chi connectivity index (χ1v) is 7.57. The van der Waals surface area contributed by atoms with E-state index in [4.69, 9.17) is 0 Å². The number of hydrogen-bond donors (Lipinski definition) is 1. The second kappa shape index (κ2) is 6.62. The Balaban J connectivity index is 2.04. The van der Waals surface area contributed by atoms with Crippen molar-refractivity contribution in [1.29, 1.82) is 0 Å². The Morgan fingerprint density at radius 3 is 2.40 bits per heavy atom. The van der Waals surface area contributed by atoms with Gasteiger partial charge < -0.3 is 5.32 Å². The summed E-state index contributed by atoms with van der Waals surface area (Å²) in [4.78, 5) is 13.3. The van der Waals surface area contributed by atoms with Gasteiger partial charge in [-0.3, -0.25) is 4.79 Å². The number of anilines is 1. The van der Waals surface area contributed by atoms with Gasteiger partial charge in [0.05, 0.1) is 0 Å². The molecule has 20 heavy (non-hydrogen) atoms. The lowest BCUT2D eigenvalue weighted by Crippen LogP contribution is -2.11. The van der Waals surface area contributed by atoms with Crippen LogP contribution >= 0.6 is 11.8 Å². The molecule has 2 aromatic rings. The number of carbonyl (C=O) groups excluding carboxylic acids is 1. The van der Waals surface area contributed by atoms with E-state index in [9.17, 15) is 4.79 Å². The lowest BCUT2D eigenvalue weighted by Gasteiger charge is -2.08. The number of hydrogen-bond acceptors (Lipinski definition) is 2. The quantitative estimate of drug-likeness (QED) is 0.821. The predicted octanol–water partition coefficient (Wildman–Crippen LogP) is 4.75. The molecule has 104 valence electrons. The Morgan fingerprint density at radius 1 is 1.10 bits per heavy atom. The lowest BCUT2D eigenvalue weighted by atomic mass is 10.1. The van der Waals surface area contributed by atoms with Gasteiger partial charge in [0.15, 0.2) is 0 Å². The summed E-state index contributed by atoms with van der Waals surface area (Å²) in [5.41, 5.74) is 2.59. The highest BCUT2D eigenvalue weighted by Gasteiger charge is 2.06. The molecule has 0 aliphatic carbocycles. The van der Waals surface area contributed by atoms with Crippen LogP contribution in [0.1, 0.15) is 29.8 Å². The highest BCUT2D eigenvalue weighted by atomic mass is 32.2. The van der Waals surface area contributed by atoms with Crippen LogP contribution in [0.3, 0.4) is 0 Å². The monoisotopic (exact) mass is 285 g/mol. The lowest BCUT2D eigenvalue weighted by molar-refractivity contribution is 0.102. The molecule has 0 spiro atoms. The zero-order valence-electron chi connectivity index (χ0n) is 12.0. The number of carbonyl (C=O) groups is 1. The van der Waals surface area contributed by atoms with Gasteiger partial charge in [0, 0.05) is 21.4 Å². The summed E-state index contributed by atoms with van der Waals surface area (Å²) >= 11 is 1.81. The molecule has 2 aromatic carbocycles. The maximum Gasteiger partial charge on any atom is 0.255 e. The molecule has 0 aliphatic heterocycles. The summed E-state index contributed by atoms with van der Waals surface area (Å²) in [6.07, 6.45) is 0. The van der Waals surface area contributed by atoms with E-state index in [-0.39, 0.29) is 5.91 Å². The van der Waals surface area contributed by atoms with Crippen LogP contribution in [0, 0.1) is 6.92 Å². The number of aryl methyl sites for hydroxylation is 1. The minimum atomic E-state index is -0.0713. The fourth-order valence-electron chi connectivity index (χ4n) is 1.88. The van der Waals surface area contributed by atoms with Crippen molar-refractivity contribution in [3.05, 3.63) is 59.7 Å². The van der Waals surface area contributed by atoms with Crippen LogP contribution in [0.4, 0.5) is 5.69 Å². The Morgan fingerprint density at radius 2 is 1.80 bits per heavy atom. The fraction of sp³-hybridized carbons (Fsp3) is 0.235. The number of benzene rings is 2. The zero-order valence-corrected chi connectivity index (χ0v) is 12.8. The Labute approximate surface area is 124 Å². The zero-order chi connectivity index (χ0) is 14.5. The van der Waals surface area contributed by atoms with Gasteiger partial charge in [-0.25, -0.2) is 0 Å². The third-order valence-electron chi connectivity index (χ3n) is 2.76. The van der Waals surface area contributed by atoms with E-state index in [2.05, 4.69) is 19.2 Å². The van der Waals surface area contributed by atoms with Gasteiger partial charge in [0.1, 0.15) is 0 Å². The normalized spacial score (nSPS) is 10.6.